The minimum Gasteiger partial charge on any atom is -0.324 e. The normalized spacial score (nSPS) is 10.1. The molecule has 0 aliphatic heterocycles. The van der Waals surface area contributed by atoms with Gasteiger partial charge in [-0.1, -0.05) is 0 Å². The van der Waals surface area contributed by atoms with Crippen LogP contribution in [0.1, 0.15) is 6.42 Å². The molecule has 0 saturated carbocycles. The number of hydrogen-bond acceptors (Lipinski definition) is 1. The second kappa shape index (κ2) is 5.42. The van der Waals surface area contributed by atoms with Gasteiger partial charge in [-0.15, -0.1) is 11.6 Å². The van der Waals surface area contributed by atoms with E-state index in [1.807, 2.05) is 0 Å². The van der Waals surface area contributed by atoms with Gasteiger partial charge in [0.05, 0.1) is 10.2 Å². The summed E-state index contributed by atoms with van der Waals surface area (Å²) in [5.41, 5.74) is -0.0709. The first kappa shape index (κ1) is 12.4. The van der Waals surface area contributed by atoms with Crippen LogP contribution in [0.15, 0.2) is 16.6 Å². The van der Waals surface area contributed by atoms with Crippen LogP contribution in [0.3, 0.4) is 0 Å². The lowest BCUT2D eigenvalue weighted by Gasteiger charge is -2.06. The Balaban J connectivity index is 2.86. The van der Waals surface area contributed by atoms with Crippen molar-refractivity contribution in [3.05, 3.63) is 28.2 Å². The topological polar surface area (TPSA) is 29.1 Å². The summed E-state index contributed by atoms with van der Waals surface area (Å²) in [5.74, 6) is -1.81. The summed E-state index contributed by atoms with van der Waals surface area (Å²) in [4.78, 5) is 11.1. The lowest BCUT2D eigenvalue weighted by Crippen LogP contribution is -2.13. The molecule has 6 heteroatoms. The largest absolute Gasteiger partial charge is 0.324 e. The number of carbonyl (C=O) groups excluding carboxylic acids is 1. The molecule has 0 aromatic heterocycles. The zero-order chi connectivity index (χ0) is 11.4. The minimum atomic E-state index is -0.821. The number of alkyl halides is 1. The summed E-state index contributed by atoms with van der Waals surface area (Å²) in [5, 5.41) is 2.28. The average molecular weight is 299 g/mol. The van der Waals surface area contributed by atoms with Gasteiger partial charge in [-0.2, -0.15) is 0 Å². The van der Waals surface area contributed by atoms with Crippen molar-refractivity contribution >= 4 is 39.1 Å². The average Bonchev–Trinajstić information content (AvgIpc) is 2.14. The molecule has 1 aromatic rings. The van der Waals surface area contributed by atoms with Gasteiger partial charge in [-0.25, -0.2) is 8.78 Å². The zero-order valence-corrected chi connectivity index (χ0v) is 9.83. The van der Waals surface area contributed by atoms with Gasteiger partial charge in [0, 0.05) is 18.4 Å². The van der Waals surface area contributed by atoms with Crippen molar-refractivity contribution in [3.8, 4) is 0 Å². The van der Waals surface area contributed by atoms with Gasteiger partial charge in [0.2, 0.25) is 5.91 Å². The Morgan fingerprint density at radius 1 is 1.40 bits per heavy atom. The van der Waals surface area contributed by atoms with Crippen molar-refractivity contribution in [2.24, 2.45) is 0 Å². The highest BCUT2D eigenvalue weighted by molar-refractivity contribution is 9.10. The lowest BCUT2D eigenvalue weighted by atomic mass is 10.3. The van der Waals surface area contributed by atoms with Gasteiger partial charge >= 0.3 is 0 Å². The number of amides is 1. The second-order valence-corrected chi connectivity index (χ2v) is 3.97. The Bertz CT molecular complexity index is 387. The van der Waals surface area contributed by atoms with E-state index in [0.29, 0.717) is 6.07 Å². The molecule has 0 heterocycles. The molecule has 1 amide bonds. The molecule has 2 nitrogen and oxygen atoms in total. The number of carbonyl (C=O) groups is 1. The van der Waals surface area contributed by atoms with E-state index < -0.39 is 17.5 Å². The van der Waals surface area contributed by atoms with Gasteiger partial charge in [0.1, 0.15) is 11.6 Å². The standard InChI is InChI=1S/C9H7BrClF2NO/c10-5-3-8(7(13)4-6(5)12)14-9(15)1-2-11/h3-4H,1-2H2,(H,14,15). The van der Waals surface area contributed by atoms with E-state index in [-0.39, 0.29) is 22.5 Å². The van der Waals surface area contributed by atoms with E-state index in [4.69, 9.17) is 11.6 Å². The van der Waals surface area contributed by atoms with Crippen molar-refractivity contribution in [3.63, 3.8) is 0 Å². The van der Waals surface area contributed by atoms with Gasteiger partial charge < -0.3 is 5.32 Å². The van der Waals surface area contributed by atoms with Crippen LogP contribution in [0.4, 0.5) is 14.5 Å². The lowest BCUT2D eigenvalue weighted by molar-refractivity contribution is -0.115. The van der Waals surface area contributed by atoms with Gasteiger partial charge in [0.25, 0.3) is 0 Å². The van der Waals surface area contributed by atoms with Crippen molar-refractivity contribution in [2.75, 3.05) is 11.2 Å². The number of anilines is 1. The third kappa shape index (κ3) is 3.43. The van der Waals surface area contributed by atoms with E-state index in [9.17, 15) is 13.6 Å². The first-order valence-electron chi connectivity index (χ1n) is 4.05. The second-order valence-electron chi connectivity index (χ2n) is 2.73. The highest BCUT2D eigenvalue weighted by Crippen LogP contribution is 2.23. The maximum atomic E-state index is 13.1. The molecule has 0 bridgehead atoms. The molecule has 1 N–H and O–H groups in total. The maximum Gasteiger partial charge on any atom is 0.225 e. The smallest absolute Gasteiger partial charge is 0.225 e. The molecule has 0 atom stereocenters. The first-order chi connectivity index (χ1) is 7.04. The predicted molar refractivity (Wildman–Crippen MR) is 58.0 cm³/mol. The third-order valence-corrected chi connectivity index (χ3v) is 2.40. The summed E-state index contributed by atoms with van der Waals surface area (Å²) in [6.45, 7) is 0. The number of nitrogens with one attached hydrogen (secondary N) is 1. The summed E-state index contributed by atoms with van der Waals surface area (Å²) >= 11 is 8.23. The van der Waals surface area contributed by atoms with Crippen LogP contribution in [0.25, 0.3) is 0 Å². The summed E-state index contributed by atoms with van der Waals surface area (Å²) in [7, 11) is 0. The van der Waals surface area contributed by atoms with Gasteiger partial charge in [0.15, 0.2) is 0 Å². The van der Waals surface area contributed by atoms with Crippen LogP contribution >= 0.6 is 27.5 Å². The fraction of sp³-hybridized carbons (Fsp3) is 0.222. The van der Waals surface area contributed by atoms with Crippen LogP contribution < -0.4 is 5.32 Å². The molecule has 0 radical (unpaired) electrons. The molecule has 15 heavy (non-hydrogen) atoms. The molecule has 82 valence electrons. The Morgan fingerprint density at radius 3 is 2.67 bits per heavy atom. The SMILES string of the molecule is O=C(CCCl)Nc1cc(Br)c(F)cc1F. The molecule has 0 unspecified atom stereocenters. The van der Waals surface area contributed by atoms with E-state index in [2.05, 4.69) is 21.2 Å². The molecule has 1 rings (SSSR count). The Morgan fingerprint density at radius 2 is 2.07 bits per heavy atom. The van der Waals surface area contributed by atoms with Gasteiger partial charge in [-0.05, 0) is 22.0 Å². The number of benzene rings is 1. The van der Waals surface area contributed by atoms with Crippen molar-refractivity contribution in [1.82, 2.24) is 0 Å². The minimum absolute atomic E-state index is 0.0709. The fourth-order valence-electron chi connectivity index (χ4n) is 0.917. The van der Waals surface area contributed by atoms with Crippen LogP contribution in [0, 0.1) is 11.6 Å². The summed E-state index contributed by atoms with van der Waals surface area (Å²) in [6, 6.07) is 1.86. The van der Waals surface area contributed by atoms with Crippen LogP contribution in [-0.4, -0.2) is 11.8 Å². The van der Waals surface area contributed by atoms with Crippen LogP contribution in [0.5, 0.6) is 0 Å². The van der Waals surface area contributed by atoms with Crippen molar-refractivity contribution in [2.45, 2.75) is 6.42 Å². The predicted octanol–water partition coefficient (Wildman–Crippen LogP) is 3.29. The maximum absolute atomic E-state index is 13.1. The van der Waals surface area contributed by atoms with Gasteiger partial charge in [-0.3, -0.25) is 4.79 Å². The quantitative estimate of drug-likeness (QED) is 0.673. The highest BCUT2D eigenvalue weighted by atomic mass is 79.9. The molecule has 0 spiro atoms. The number of hydrogen-bond donors (Lipinski definition) is 1. The molecular formula is C9H7BrClF2NO. The van der Waals surface area contributed by atoms with E-state index in [0.717, 1.165) is 6.07 Å². The van der Waals surface area contributed by atoms with E-state index in [1.165, 1.54) is 0 Å². The molecule has 0 saturated heterocycles. The highest BCUT2D eigenvalue weighted by Gasteiger charge is 2.10. The third-order valence-electron chi connectivity index (χ3n) is 1.61. The van der Waals surface area contributed by atoms with Crippen LogP contribution in [0.2, 0.25) is 0 Å². The zero-order valence-electron chi connectivity index (χ0n) is 7.49. The monoisotopic (exact) mass is 297 g/mol. The molecule has 0 aliphatic rings. The van der Waals surface area contributed by atoms with E-state index in [1.54, 1.807) is 0 Å². The molecule has 0 fully saturated rings. The Labute approximate surface area is 98.7 Å². The molecule has 0 aliphatic carbocycles. The first-order valence-corrected chi connectivity index (χ1v) is 5.37. The molecular weight excluding hydrogens is 291 g/mol. The Kier molecular flexibility index (Phi) is 4.47. The van der Waals surface area contributed by atoms with Crippen molar-refractivity contribution < 1.29 is 13.6 Å². The number of halogens is 4. The number of rotatable bonds is 3. The Hall–Kier alpha value is -0.680. The molecule has 1 aromatic carbocycles. The summed E-state index contributed by atoms with van der Waals surface area (Å²) < 4.78 is 26.0. The van der Waals surface area contributed by atoms with Crippen LogP contribution in [-0.2, 0) is 4.79 Å². The van der Waals surface area contributed by atoms with Crippen molar-refractivity contribution in [1.29, 1.82) is 0 Å². The fourth-order valence-corrected chi connectivity index (χ4v) is 1.43. The van der Waals surface area contributed by atoms with E-state index >= 15 is 0 Å². The summed E-state index contributed by atoms with van der Waals surface area (Å²) in [6.07, 6.45) is 0.0794.